The van der Waals surface area contributed by atoms with Gasteiger partial charge in [0.1, 0.15) is 0 Å². The van der Waals surface area contributed by atoms with E-state index in [2.05, 4.69) is 45.5 Å². The van der Waals surface area contributed by atoms with Crippen LogP contribution in [-0.4, -0.2) is 115 Å². The van der Waals surface area contributed by atoms with Crippen LogP contribution in [0.3, 0.4) is 0 Å². The van der Waals surface area contributed by atoms with Gasteiger partial charge in [0, 0.05) is 80.6 Å². The molecule has 2 aromatic heterocycles. The molecule has 4 heterocycles. The average molecular weight is 661 g/mol. The van der Waals surface area contributed by atoms with Crippen molar-refractivity contribution in [1.82, 2.24) is 29.8 Å². The maximum atomic E-state index is 12.1. The van der Waals surface area contributed by atoms with Crippen LogP contribution in [0.4, 0.5) is 5.82 Å². The van der Waals surface area contributed by atoms with E-state index in [0.717, 1.165) is 79.1 Å². The van der Waals surface area contributed by atoms with Gasteiger partial charge in [0.25, 0.3) is 0 Å². The zero-order chi connectivity index (χ0) is 31.7. The molecular weight excluding hydrogens is 617 g/mol. The van der Waals surface area contributed by atoms with Crippen molar-refractivity contribution in [3.63, 3.8) is 0 Å². The quantitative estimate of drug-likeness (QED) is 0.252. The lowest BCUT2D eigenvalue weighted by Crippen LogP contribution is -2.63. The predicted molar refractivity (Wildman–Crippen MR) is 176 cm³/mol. The van der Waals surface area contributed by atoms with E-state index in [4.69, 9.17) is 42.5 Å². The Morgan fingerprint density at radius 2 is 2.13 bits per heavy atom. The highest BCUT2D eigenvalue weighted by molar-refractivity contribution is 6.45. The molecule has 1 spiro atoms. The number of carbonyl (C=O) groups excluding carboxylic acids is 1. The third-order valence-corrected chi connectivity index (χ3v) is 10.1. The molecular formula is C32H43Cl2N7O4. The zero-order valence-corrected chi connectivity index (χ0v) is 27.8. The molecule has 244 valence electrons. The van der Waals surface area contributed by atoms with Crippen molar-refractivity contribution in [3.8, 4) is 11.1 Å². The Balaban J connectivity index is 1.25. The van der Waals surface area contributed by atoms with Crippen LogP contribution in [0.25, 0.3) is 22.0 Å². The van der Waals surface area contributed by atoms with Crippen molar-refractivity contribution in [2.75, 3.05) is 78.1 Å². The predicted octanol–water partition coefficient (Wildman–Crippen LogP) is 4.80. The number of rotatable bonds is 13. The number of likely N-dealkylation sites (tertiary alicyclic amines) is 1. The average Bonchev–Trinajstić information content (AvgIpc) is 3.57. The first-order valence-electron chi connectivity index (χ1n) is 15.7. The molecule has 3 aromatic rings. The summed E-state index contributed by atoms with van der Waals surface area (Å²) < 4.78 is 19.2. The zero-order valence-electron chi connectivity index (χ0n) is 26.3. The van der Waals surface area contributed by atoms with E-state index in [1.54, 1.807) is 19.4 Å². The van der Waals surface area contributed by atoms with Crippen LogP contribution >= 0.6 is 23.2 Å². The van der Waals surface area contributed by atoms with Crippen LogP contribution in [0.1, 0.15) is 31.5 Å². The standard InChI is InChI=1S/C32H43Cl2N7O4/c1-5-27(42)40-18-32(19-40)11-22(12-32)41-21(3)28(29-24-13-36-37-26(24)10-25(33)30(29)34)31(38-41)35-6-7-39(14-20(2)16-43-4)15-23-17-44-8-9-45-23/h5,10,13,20,22-23H,1,6-9,11-12,14-19H2,2-4H3,(H,35,38)(H,36,37)/t20?,23-/m1/s1. The van der Waals surface area contributed by atoms with Gasteiger partial charge in [0.15, 0.2) is 5.82 Å². The highest BCUT2D eigenvalue weighted by Crippen LogP contribution is 2.55. The van der Waals surface area contributed by atoms with Crippen molar-refractivity contribution in [3.05, 3.63) is 40.7 Å². The number of halogens is 2. The summed E-state index contributed by atoms with van der Waals surface area (Å²) in [5, 5.41) is 18.0. The molecule has 1 aliphatic carbocycles. The molecule has 0 radical (unpaired) electrons. The smallest absolute Gasteiger partial charge is 0.245 e. The number of aromatic nitrogens is 4. The Morgan fingerprint density at radius 1 is 1.33 bits per heavy atom. The van der Waals surface area contributed by atoms with Gasteiger partial charge >= 0.3 is 0 Å². The summed E-state index contributed by atoms with van der Waals surface area (Å²) in [6.45, 7) is 15.1. The van der Waals surface area contributed by atoms with Crippen LogP contribution in [-0.2, 0) is 19.0 Å². The fourth-order valence-electron chi connectivity index (χ4n) is 7.29. The first kappa shape index (κ1) is 32.3. The van der Waals surface area contributed by atoms with E-state index in [0.29, 0.717) is 48.9 Å². The Kier molecular flexibility index (Phi) is 9.75. The van der Waals surface area contributed by atoms with Crippen molar-refractivity contribution >= 4 is 45.8 Å². The first-order valence-corrected chi connectivity index (χ1v) is 16.4. The fraction of sp³-hybridized carbons (Fsp3) is 0.594. The summed E-state index contributed by atoms with van der Waals surface area (Å²) >= 11 is 13.6. The molecule has 0 bridgehead atoms. The first-order chi connectivity index (χ1) is 21.7. The third kappa shape index (κ3) is 6.61. The fourth-order valence-corrected chi connectivity index (χ4v) is 7.75. The Labute approximate surface area is 274 Å². The van der Waals surface area contributed by atoms with Gasteiger partial charge in [0.05, 0.1) is 53.7 Å². The number of ether oxygens (including phenoxy) is 3. The number of methoxy groups -OCH3 is 1. The van der Waals surface area contributed by atoms with Gasteiger partial charge < -0.3 is 24.4 Å². The number of H-pyrrole nitrogens is 1. The molecule has 2 aliphatic heterocycles. The second-order valence-electron chi connectivity index (χ2n) is 12.9. The number of fused-ring (bicyclic) bond motifs is 1. The van der Waals surface area contributed by atoms with E-state index in [1.165, 1.54) is 6.08 Å². The maximum Gasteiger partial charge on any atom is 0.245 e. The van der Waals surface area contributed by atoms with Crippen LogP contribution in [0.5, 0.6) is 0 Å². The van der Waals surface area contributed by atoms with Crippen LogP contribution in [0.2, 0.25) is 10.0 Å². The molecule has 2 N–H and O–H groups in total. The number of nitrogens with one attached hydrogen (secondary N) is 2. The van der Waals surface area contributed by atoms with E-state index >= 15 is 0 Å². The van der Waals surface area contributed by atoms with Gasteiger partial charge in [-0.2, -0.15) is 10.2 Å². The minimum absolute atomic E-state index is 0.000997. The molecule has 2 atom stereocenters. The molecule has 11 nitrogen and oxygen atoms in total. The SMILES string of the molecule is C=CC(=O)N1CC2(CC(n3nc(NCCN(CC(C)COC)C[C@@H]4COCCO4)c(-c4c(Cl)c(Cl)cc5[nH]ncc45)c3C)C2)C1. The summed E-state index contributed by atoms with van der Waals surface area (Å²) in [6.07, 6.45) is 5.16. The van der Waals surface area contributed by atoms with Crippen LogP contribution < -0.4 is 5.32 Å². The summed E-state index contributed by atoms with van der Waals surface area (Å²) in [4.78, 5) is 16.3. The Morgan fingerprint density at radius 3 is 2.84 bits per heavy atom. The second kappa shape index (κ2) is 13.6. The van der Waals surface area contributed by atoms with E-state index < -0.39 is 0 Å². The molecule has 1 saturated carbocycles. The molecule has 45 heavy (non-hydrogen) atoms. The van der Waals surface area contributed by atoms with Crippen LogP contribution in [0.15, 0.2) is 24.9 Å². The van der Waals surface area contributed by atoms with Gasteiger partial charge in [-0.3, -0.25) is 19.5 Å². The van der Waals surface area contributed by atoms with Gasteiger partial charge in [-0.25, -0.2) is 0 Å². The van der Waals surface area contributed by atoms with Crippen molar-refractivity contribution < 1.29 is 19.0 Å². The third-order valence-electron chi connectivity index (χ3n) is 9.35. The number of benzene rings is 1. The summed E-state index contributed by atoms with van der Waals surface area (Å²) in [6, 6.07) is 2.04. The molecule has 13 heteroatoms. The minimum Gasteiger partial charge on any atom is -0.384 e. The minimum atomic E-state index is 0.000997. The van der Waals surface area contributed by atoms with E-state index in [1.807, 2.05) is 4.90 Å². The molecule has 1 amide bonds. The highest BCUT2D eigenvalue weighted by Gasteiger charge is 2.54. The summed E-state index contributed by atoms with van der Waals surface area (Å²) in [5.74, 6) is 1.13. The normalized spacial score (nSPS) is 20.4. The number of carbonyl (C=O) groups is 1. The Bertz CT molecular complexity index is 1520. The number of nitrogens with zero attached hydrogens (tertiary/aromatic N) is 5. The summed E-state index contributed by atoms with van der Waals surface area (Å²) in [5.41, 5.74) is 3.73. The molecule has 2 saturated heterocycles. The number of hydrogen-bond donors (Lipinski definition) is 2. The molecule has 1 aromatic carbocycles. The van der Waals surface area contributed by atoms with E-state index in [-0.39, 0.29) is 23.5 Å². The lowest BCUT2D eigenvalue weighted by molar-refractivity contribution is -0.149. The maximum absolute atomic E-state index is 12.1. The monoisotopic (exact) mass is 659 g/mol. The number of hydrogen-bond acceptors (Lipinski definition) is 8. The van der Waals surface area contributed by atoms with Crippen molar-refractivity contribution in [1.29, 1.82) is 0 Å². The molecule has 3 aliphatic rings. The number of anilines is 1. The van der Waals surface area contributed by atoms with Gasteiger partial charge in [0.2, 0.25) is 5.91 Å². The molecule has 1 unspecified atom stereocenters. The second-order valence-corrected chi connectivity index (χ2v) is 13.7. The number of amides is 1. The lowest BCUT2D eigenvalue weighted by atomic mass is 9.60. The van der Waals surface area contributed by atoms with Gasteiger partial charge in [-0.05, 0) is 37.8 Å². The largest absolute Gasteiger partial charge is 0.384 e. The summed E-state index contributed by atoms with van der Waals surface area (Å²) in [7, 11) is 1.74. The van der Waals surface area contributed by atoms with Gasteiger partial charge in [-0.1, -0.05) is 36.7 Å². The molecule has 6 rings (SSSR count). The lowest BCUT2D eigenvalue weighted by Gasteiger charge is -2.58. The van der Waals surface area contributed by atoms with E-state index in [9.17, 15) is 4.79 Å². The highest BCUT2D eigenvalue weighted by atomic mass is 35.5. The Hall–Kier alpha value is -2.67. The van der Waals surface area contributed by atoms with Crippen molar-refractivity contribution in [2.45, 2.75) is 38.8 Å². The van der Waals surface area contributed by atoms with Crippen LogP contribution in [0, 0.1) is 18.3 Å². The molecule has 3 fully saturated rings. The van der Waals surface area contributed by atoms with Crippen molar-refractivity contribution in [2.24, 2.45) is 11.3 Å². The van der Waals surface area contributed by atoms with Gasteiger partial charge in [-0.15, -0.1) is 0 Å². The number of aromatic amines is 1. The topological polar surface area (TPSA) is 110 Å².